The lowest BCUT2D eigenvalue weighted by atomic mass is 10.2. The first-order valence-corrected chi connectivity index (χ1v) is 9.82. The number of fused-ring (bicyclic) bond motifs is 1. The Balaban J connectivity index is 1.58. The predicted octanol–water partition coefficient (Wildman–Crippen LogP) is 4.03. The monoisotopic (exact) mass is 432 g/mol. The Hall–Kier alpha value is -2.91. The Morgan fingerprint density at radius 2 is 2.07 bits per heavy atom. The molecule has 0 saturated heterocycles. The smallest absolute Gasteiger partial charge is 0.342 e. The van der Waals surface area contributed by atoms with Gasteiger partial charge in [-0.1, -0.05) is 28.5 Å². The van der Waals surface area contributed by atoms with Gasteiger partial charge in [0.1, 0.15) is 11.9 Å². The summed E-state index contributed by atoms with van der Waals surface area (Å²) in [6.45, 7) is 1.89. The highest BCUT2D eigenvalue weighted by Crippen LogP contribution is 2.46. The van der Waals surface area contributed by atoms with Crippen LogP contribution in [0.25, 0.3) is 11.3 Å². The molecule has 0 spiro atoms. The van der Waals surface area contributed by atoms with Gasteiger partial charge in [0.2, 0.25) is 0 Å². The minimum atomic E-state index is -0.475. The van der Waals surface area contributed by atoms with Crippen molar-refractivity contribution in [3.63, 3.8) is 0 Å². The van der Waals surface area contributed by atoms with Crippen LogP contribution in [0.3, 0.4) is 0 Å². The first-order chi connectivity index (χ1) is 14.0. The minimum absolute atomic E-state index is 0.238. The molecule has 2 aliphatic rings. The second-order valence-electron chi connectivity index (χ2n) is 6.16. The predicted molar refractivity (Wildman–Crippen MR) is 111 cm³/mol. The van der Waals surface area contributed by atoms with Crippen LogP contribution in [0, 0.1) is 0 Å². The number of allylic oxidation sites excluding steroid dienone is 1. The number of ether oxygens (including phenoxy) is 2. The molecule has 0 radical (unpaired) electrons. The van der Waals surface area contributed by atoms with E-state index in [0.29, 0.717) is 22.2 Å². The maximum Gasteiger partial charge on any atom is 0.342 e. The van der Waals surface area contributed by atoms with Crippen LogP contribution in [0.15, 0.2) is 62.4 Å². The van der Waals surface area contributed by atoms with Crippen molar-refractivity contribution in [3.05, 3.63) is 57.8 Å². The van der Waals surface area contributed by atoms with Crippen LogP contribution in [-0.2, 0) is 14.3 Å². The van der Waals surface area contributed by atoms with E-state index in [1.807, 2.05) is 35.0 Å². The molecule has 150 valence electrons. The fraction of sp³-hybridized carbons (Fsp3) is 0.211. The van der Waals surface area contributed by atoms with Crippen LogP contribution in [0.5, 0.6) is 0 Å². The Labute approximate surface area is 176 Å². The molecule has 0 fully saturated rings. The molecule has 3 heterocycles. The van der Waals surface area contributed by atoms with Gasteiger partial charge in [0, 0.05) is 21.6 Å². The Bertz CT molecular complexity index is 1030. The average Bonchev–Trinajstić information content (AvgIpc) is 3.43. The first-order valence-electron chi connectivity index (χ1n) is 8.57. The van der Waals surface area contributed by atoms with Gasteiger partial charge in [-0.3, -0.25) is 4.90 Å². The van der Waals surface area contributed by atoms with Gasteiger partial charge in [-0.15, -0.1) is 0 Å². The summed E-state index contributed by atoms with van der Waals surface area (Å²) >= 11 is 7.40. The number of rotatable bonds is 5. The molecule has 0 N–H and O–H groups in total. The van der Waals surface area contributed by atoms with Crippen molar-refractivity contribution in [2.75, 3.05) is 19.1 Å². The topological polar surface area (TPSA) is 80.4 Å². The number of carbonyl (C=O) groups excluding carboxylic acids is 1. The van der Waals surface area contributed by atoms with Gasteiger partial charge in [0.25, 0.3) is 0 Å². The van der Waals surface area contributed by atoms with Crippen molar-refractivity contribution < 1.29 is 18.8 Å². The third-order valence-corrected chi connectivity index (χ3v) is 6.06. The van der Waals surface area contributed by atoms with E-state index < -0.39 is 5.97 Å². The quantitative estimate of drug-likeness (QED) is 0.398. The van der Waals surface area contributed by atoms with Crippen LogP contribution in [0.4, 0.5) is 5.82 Å². The molecule has 1 atom stereocenters. The van der Waals surface area contributed by atoms with E-state index in [9.17, 15) is 4.79 Å². The van der Waals surface area contributed by atoms with Crippen molar-refractivity contribution in [1.82, 2.24) is 10.2 Å². The van der Waals surface area contributed by atoms with E-state index in [0.717, 1.165) is 16.2 Å². The van der Waals surface area contributed by atoms with Crippen LogP contribution >= 0.6 is 23.4 Å². The number of aromatic nitrogens is 1. The lowest BCUT2D eigenvalue weighted by Gasteiger charge is -2.21. The van der Waals surface area contributed by atoms with Crippen LogP contribution in [0.2, 0.25) is 5.02 Å². The first kappa shape index (κ1) is 19.4. The van der Waals surface area contributed by atoms with E-state index in [4.69, 9.17) is 25.6 Å². The molecule has 10 heteroatoms. The molecule has 0 amide bonds. The zero-order valence-corrected chi connectivity index (χ0v) is 17.4. The number of nitrogens with zero attached hydrogens (tertiary/aromatic N) is 4. The number of thioether (sulfide) groups is 1. The number of carbonyl (C=O) groups is 1. The van der Waals surface area contributed by atoms with Crippen LogP contribution in [-0.4, -0.2) is 42.2 Å². The summed E-state index contributed by atoms with van der Waals surface area (Å²) in [6.07, 6.45) is 3.06. The number of hydrogen-bond donors (Lipinski definition) is 0. The van der Waals surface area contributed by atoms with Crippen molar-refractivity contribution in [2.24, 2.45) is 5.10 Å². The average molecular weight is 433 g/mol. The third-order valence-electron chi connectivity index (χ3n) is 4.42. The summed E-state index contributed by atoms with van der Waals surface area (Å²) in [4.78, 5) is 14.8. The van der Waals surface area contributed by atoms with Crippen molar-refractivity contribution in [3.8, 4) is 11.3 Å². The molecule has 0 saturated carbocycles. The number of benzene rings is 1. The van der Waals surface area contributed by atoms with Gasteiger partial charge in [0.15, 0.2) is 17.1 Å². The minimum Gasteiger partial charge on any atom is -0.503 e. The molecule has 0 bridgehead atoms. The highest BCUT2D eigenvalue weighted by atomic mass is 35.5. The van der Waals surface area contributed by atoms with Crippen LogP contribution in [0.1, 0.15) is 6.92 Å². The second kappa shape index (κ2) is 7.84. The lowest BCUT2D eigenvalue weighted by molar-refractivity contribution is -0.135. The van der Waals surface area contributed by atoms with Gasteiger partial charge in [-0.2, -0.15) is 5.10 Å². The molecule has 0 aliphatic carbocycles. The molecule has 2 aromatic rings. The Morgan fingerprint density at radius 3 is 2.76 bits per heavy atom. The number of hydrazone groups is 1. The standard InChI is InChI=1S/C19H17ClN4O4S/c1-11-17(14(9-26-2)18(25)27-3)29-19-23(10-21-24(11)19)16-8-15(28-22-16)12-4-6-13(20)7-5-12/h4-10,19H,1-3H3/b14-9+. The molecule has 1 aromatic heterocycles. The summed E-state index contributed by atoms with van der Waals surface area (Å²) in [7, 11) is 2.82. The fourth-order valence-electron chi connectivity index (χ4n) is 2.99. The number of halogens is 1. The second-order valence-corrected chi connectivity index (χ2v) is 7.66. The normalized spacial score (nSPS) is 18.5. The zero-order chi connectivity index (χ0) is 20.5. The van der Waals surface area contributed by atoms with E-state index in [1.165, 1.54) is 32.2 Å². The van der Waals surface area contributed by atoms with E-state index >= 15 is 0 Å². The number of anilines is 1. The summed E-state index contributed by atoms with van der Waals surface area (Å²) < 4.78 is 15.4. The molecule has 29 heavy (non-hydrogen) atoms. The van der Waals surface area contributed by atoms with E-state index in [-0.39, 0.29) is 5.50 Å². The van der Waals surface area contributed by atoms with Crippen molar-refractivity contribution >= 4 is 41.5 Å². The van der Waals surface area contributed by atoms with Gasteiger partial charge in [0.05, 0.1) is 26.2 Å². The largest absolute Gasteiger partial charge is 0.503 e. The highest BCUT2D eigenvalue weighted by Gasteiger charge is 2.41. The van der Waals surface area contributed by atoms with E-state index in [1.54, 1.807) is 18.5 Å². The summed E-state index contributed by atoms with van der Waals surface area (Å²) in [5.41, 5.74) is 1.78. The van der Waals surface area contributed by atoms with Gasteiger partial charge in [-0.05, 0) is 31.2 Å². The number of esters is 1. The van der Waals surface area contributed by atoms with Gasteiger partial charge < -0.3 is 14.0 Å². The summed E-state index contributed by atoms with van der Waals surface area (Å²) in [6, 6.07) is 9.15. The zero-order valence-electron chi connectivity index (χ0n) is 15.8. The molecule has 4 rings (SSSR count). The van der Waals surface area contributed by atoms with E-state index in [2.05, 4.69) is 10.3 Å². The Morgan fingerprint density at radius 1 is 1.31 bits per heavy atom. The van der Waals surface area contributed by atoms with Gasteiger partial charge in [-0.25, -0.2) is 9.80 Å². The maximum atomic E-state index is 12.2. The fourth-order valence-corrected chi connectivity index (χ4v) is 4.44. The van der Waals surface area contributed by atoms with Crippen LogP contribution < -0.4 is 4.90 Å². The molecule has 1 aromatic carbocycles. The Kier molecular flexibility index (Phi) is 5.25. The molecule has 8 nitrogen and oxygen atoms in total. The van der Waals surface area contributed by atoms with Crippen molar-refractivity contribution in [2.45, 2.75) is 12.4 Å². The highest BCUT2D eigenvalue weighted by molar-refractivity contribution is 8.04. The SMILES string of the molecule is CO/C=C(/C(=O)OC)C1=C(C)N2N=CN(c3cc(-c4ccc(Cl)cc4)on3)C2S1. The maximum absolute atomic E-state index is 12.2. The van der Waals surface area contributed by atoms with Gasteiger partial charge >= 0.3 is 5.97 Å². The summed E-state index contributed by atoms with van der Waals surface area (Å²) in [5.74, 6) is 0.742. The lowest BCUT2D eigenvalue weighted by Crippen LogP contribution is -2.33. The number of methoxy groups -OCH3 is 2. The van der Waals surface area contributed by atoms with Crippen molar-refractivity contribution in [1.29, 1.82) is 0 Å². The molecular weight excluding hydrogens is 416 g/mol. The molecule has 1 unspecified atom stereocenters. The molecular formula is C19H17ClN4O4S. The summed E-state index contributed by atoms with van der Waals surface area (Å²) in [5, 5.41) is 11.1. The third kappa shape index (κ3) is 3.47. The number of hydrogen-bond acceptors (Lipinski definition) is 9. The molecule has 2 aliphatic heterocycles.